The standard InChI is InChI=1S/C48H31N/c1-3-14-32(15-4-1)35-28-29-44-43(31-35)48-42(24-13-25-45(48)49(44)37-18-5-2-6-19-37)47-40-22-11-9-20-38(40)46(39-21-10-12-23-41(39)47)36-27-26-33-16-7-8-17-34(33)30-36/h1-31H. The van der Waals surface area contributed by atoms with Gasteiger partial charge in [-0.25, -0.2) is 0 Å². The van der Waals surface area contributed by atoms with Crippen molar-refractivity contribution in [2.75, 3.05) is 0 Å². The van der Waals surface area contributed by atoms with E-state index in [1.54, 1.807) is 0 Å². The van der Waals surface area contributed by atoms with E-state index in [0.717, 1.165) is 5.69 Å². The first kappa shape index (κ1) is 27.7. The predicted octanol–water partition coefficient (Wildman–Crippen LogP) is 13.2. The summed E-state index contributed by atoms with van der Waals surface area (Å²) in [7, 11) is 0. The van der Waals surface area contributed by atoms with Crippen LogP contribution in [-0.2, 0) is 0 Å². The lowest BCUT2D eigenvalue weighted by molar-refractivity contribution is 1.18. The second-order valence-corrected chi connectivity index (χ2v) is 12.9. The molecule has 228 valence electrons. The molecule has 0 atom stereocenters. The number of hydrogen-bond donors (Lipinski definition) is 0. The van der Waals surface area contributed by atoms with Crippen molar-refractivity contribution in [2.24, 2.45) is 0 Å². The number of rotatable bonds is 4. The number of benzene rings is 9. The molecule has 0 bridgehead atoms. The van der Waals surface area contributed by atoms with Crippen LogP contribution in [0.3, 0.4) is 0 Å². The predicted molar refractivity (Wildman–Crippen MR) is 210 cm³/mol. The smallest absolute Gasteiger partial charge is 0.0547 e. The van der Waals surface area contributed by atoms with Crippen LogP contribution in [0, 0.1) is 0 Å². The van der Waals surface area contributed by atoms with Crippen molar-refractivity contribution in [3.63, 3.8) is 0 Å². The lowest BCUT2D eigenvalue weighted by atomic mass is 9.84. The first-order chi connectivity index (χ1) is 24.3. The van der Waals surface area contributed by atoms with Crippen LogP contribution in [0.25, 0.3) is 93.2 Å². The number of nitrogens with zero attached hydrogens (tertiary/aromatic N) is 1. The van der Waals surface area contributed by atoms with Crippen LogP contribution in [0.4, 0.5) is 0 Å². The molecule has 0 spiro atoms. The summed E-state index contributed by atoms with van der Waals surface area (Å²) < 4.78 is 2.43. The van der Waals surface area contributed by atoms with Crippen LogP contribution in [-0.4, -0.2) is 4.57 Å². The number of hydrogen-bond acceptors (Lipinski definition) is 0. The first-order valence-corrected chi connectivity index (χ1v) is 16.9. The lowest BCUT2D eigenvalue weighted by Gasteiger charge is -2.19. The molecule has 1 nitrogen and oxygen atoms in total. The second kappa shape index (κ2) is 11.1. The molecule has 1 aromatic heterocycles. The van der Waals surface area contributed by atoms with E-state index >= 15 is 0 Å². The van der Waals surface area contributed by atoms with Gasteiger partial charge >= 0.3 is 0 Å². The molecule has 0 aliphatic rings. The summed E-state index contributed by atoms with van der Waals surface area (Å²) in [6.07, 6.45) is 0. The van der Waals surface area contributed by atoms with Gasteiger partial charge in [0.25, 0.3) is 0 Å². The summed E-state index contributed by atoms with van der Waals surface area (Å²) in [5.74, 6) is 0. The first-order valence-electron chi connectivity index (χ1n) is 16.9. The summed E-state index contributed by atoms with van der Waals surface area (Å²) in [6.45, 7) is 0. The summed E-state index contributed by atoms with van der Waals surface area (Å²) in [6, 6.07) is 68.8. The monoisotopic (exact) mass is 621 g/mol. The van der Waals surface area contributed by atoms with E-state index < -0.39 is 0 Å². The van der Waals surface area contributed by atoms with Crippen molar-refractivity contribution < 1.29 is 0 Å². The van der Waals surface area contributed by atoms with Crippen LogP contribution < -0.4 is 0 Å². The van der Waals surface area contributed by atoms with Gasteiger partial charge in [0, 0.05) is 16.5 Å². The Balaban J connectivity index is 1.34. The normalized spacial score (nSPS) is 11.7. The van der Waals surface area contributed by atoms with Crippen molar-refractivity contribution in [3.05, 3.63) is 188 Å². The topological polar surface area (TPSA) is 4.93 Å². The molecule has 0 N–H and O–H groups in total. The van der Waals surface area contributed by atoms with Gasteiger partial charge in [-0.1, -0.05) is 152 Å². The SMILES string of the molecule is c1ccc(-c2ccc3c(c2)c2c(-c4c5ccccc5c(-c5ccc6ccccc6c5)c5ccccc45)cccc2n3-c2ccccc2)cc1. The molecule has 0 aliphatic carbocycles. The minimum Gasteiger partial charge on any atom is -0.309 e. The molecule has 0 radical (unpaired) electrons. The van der Waals surface area contributed by atoms with Gasteiger partial charge in [0.1, 0.15) is 0 Å². The Hall–Kier alpha value is -6.44. The maximum absolute atomic E-state index is 2.43. The molecule has 10 aromatic rings. The van der Waals surface area contributed by atoms with Crippen molar-refractivity contribution in [3.8, 4) is 39.1 Å². The third-order valence-electron chi connectivity index (χ3n) is 10.2. The van der Waals surface area contributed by atoms with Crippen molar-refractivity contribution >= 4 is 54.1 Å². The zero-order valence-electron chi connectivity index (χ0n) is 26.8. The average Bonchev–Trinajstić information content (AvgIpc) is 3.51. The molecule has 0 fully saturated rings. The average molecular weight is 622 g/mol. The molecule has 49 heavy (non-hydrogen) atoms. The molecule has 1 heteroatoms. The van der Waals surface area contributed by atoms with Gasteiger partial charge in [-0.3, -0.25) is 0 Å². The van der Waals surface area contributed by atoms with Gasteiger partial charge in [-0.05, 0) is 102 Å². The van der Waals surface area contributed by atoms with E-state index in [1.807, 2.05) is 0 Å². The molecule has 0 unspecified atom stereocenters. The fourth-order valence-corrected chi connectivity index (χ4v) is 8.02. The molecule has 0 saturated carbocycles. The van der Waals surface area contributed by atoms with E-state index in [0.29, 0.717) is 0 Å². The highest BCUT2D eigenvalue weighted by Crippen LogP contribution is 2.48. The molecule has 0 aliphatic heterocycles. The van der Waals surface area contributed by atoms with Crippen LogP contribution >= 0.6 is 0 Å². The minimum absolute atomic E-state index is 1.16. The summed E-state index contributed by atoms with van der Waals surface area (Å²) in [4.78, 5) is 0. The van der Waals surface area contributed by atoms with Gasteiger partial charge in [0.05, 0.1) is 11.0 Å². The summed E-state index contributed by atoms with van der Waals surface area (Å²) >= 11 is 0. The van der Waals surface area contributed by atoms with Gasteiger partial charge < -0.3 is 4.57 Å². The fourth-order valence-electron chi connectivity index (χ4n) is 8.02. The van der Waals surface area contributed by atoms with Crippen LogP contribution in [0.15, 0.2) is 188 Å². The Morgan fingerprint density at radius 1 is 0.306 bits per heavy atom. The van der Waals surface area contributed by atoms with Crippen molar-refractivity contribution in [2.45, 2.75) is 0 Å². The fraction of sp³-hybridized carbons (Fsp3) is 0. The van der Waals surface area contributed by atoms with E-state index in [2.05, 4.69) is 193 Å². The van der Waals surface area contributed by atoms with E-state index in [1.165, 1.54) is 87.5 Å². The molecule has 0 saturated heterocycles. The number of fused-ring (bicyclic) bond motifs is 6. The van der Waals surface area contributed by atoms with Crippen LogP contribution in [0.1, 0.15) is 0 Å². The highest BCUT2D eigenvalue weighted by atomic mass is 15.0. The highest BCUT2D eigenvalue weighted by molar-refractivity contribution is 6.26. The summed E-state index contributed by atoms with van der Waals surface area (Å²) in [5, 5.41) is 10.1. The lowest BCUT2D eigenvalue weighted by Crippen LogP contribution is -1.94. The number of aromatic nitrogens is 1. The quantitative estimate of drug-likeness (QED) is 0.172. The molecule has 10 rings (SSSR count). The Bertz CT molecular complexity index is 2800. The highest BCUT2D eigenvalue weighted by Gasteiger charge is 2.22. The maximum atomic E-state index is 2.43. The third-order valence-corrected chi connectivity index (χ3v) is 10.2. The van der Waals surface area contributed by atoms with Gasteiger partial charge in [0.15, 0.2) is 0 Å². The zero-order valence-corrected chi connectivity index (χ0v) is 26.8. The summed E-state index contributed by atoms with van der Waals surface area (Å²) in [5.41, 5.74) is 11.1. The van der Waals surface area contributed by atoms with Gasteiger partial charge in [-0.15, -0.1) is 0 Å². The molecule has 9 aromatic carbocycles. The molecular formula is C48H31N. The van der Waals surface area contributed by atoms with Gasteiger partial charge in [0.2, 0.25) is 0 Å². The van der Waals surface area contributed by atoms with Gasteiger partial charge in [-0.2, -0.15) is 0 Å². The number of para-hydroxylation sites is 1. The van der Waals surface area contributed by atoms with E-state index in [9.17, 15) is 0 Å². The Morgan fingerprint density at radius 3 is 1.61 bits per heavy atom. The Morgan fingerprint density at radius 2 is 0.898 bits per heavy atom. The minimum atomic E-state index is 1.16. The van der Waals surface area contributed by atoms with Crippen molar-refractivity contribution in [1.29, 1.82) is 0 Å². The third kappa shape index (κ3) is 4.33. The van der Waals surface area contributed by atoms with Crippen LogP contribution in [0.2, 0.25) is 0 Å². The van der Waals surface area contributed by atoms with Crippen molar-refractivity contribution in [1.82, 2.24) is 4.57 Å². The molecular weight excluding hydrogens is 591 g/mol. The molecule has 0 amide bonds. The Labute approximate surface area is 284 Å². The van der Waals surface area contributed by atoms with E-state index in [-0.39, 0.29) is 0 Å². The maximum Gasteiger partial charge on any atom is 0.0547 e. The molecule has 1 heterocycles. The van der Waals surface area contributed by atoms with E-state index in [4.69, 9.17) is 0 Å². The second-order valence-electron chi connectivity index (χ2n) is 12.9. The zero-order chi connectivity index (χ0) is 32.3. The Kier molecular flexibility index (Phi) is 6.25. The largest absolute Gasteiger partial charge is 0.309 e. The van der Waals surface area contributed by atoms with Crippen LogP contribution in [0.5, 0.6) is 0 Å².